The van der Waals surface area contributed by atoms with Crippen LogP contribution in [0.2, 0.25) is 0 Å². The molecule has 1 fully saturated rings. The molecule has 0 aliphatic carbocycles. The number of amides is 2. The molecule has 0 saturated carbocycles. The van der Waals surface area contributed by atoms with E-state index in [1.165, 1.54) is 0 Å². The van der Waals surface area contributed by atoms with Gasteiger partial charge in [-0.2, -0.15) is 0 Å². The minimum atomic E-state index is -3.20. The van der Waals surface area contributed by atoms with Gasteiger partial charge in [-0.05, 0) is 12.8 Å². The normalized spacial score (nSPS) is 21.9. The van der Waals surface area contributed by atoms with Gasteiger partial charge in [-0.15, -0.1) is 0 Å². The number of sulfone groups is 1. The first-order valence-electron chi connectivity index (χ1n) is 5.93. The van der Waals surface area contributed by atoms with E-state index in [0.717, 1.165) is 0 Å². The van der Waals surface area contributed by atoms with Crippen LogP contribution in [0.4, 0.5) is 4.79 Å². The van der Waals surface area contributed by atoms with Crippen molar-refractivity contribution in [3.63, 3.8) is 0 Å². The number of urea groups is 1. The molecule has 4 N–H and O–H groups in total. The van der Waals surface area contributed by atoms with E-state index in [1.54, 1.807) is 0 Å². The molecule has 1 aliphatic rings. The van der Waals surface area contributed by atoms with Crippen LogP contribution in [-0.4, -0.2) is 60.2 Å². The van der Waals surface area contributed by atoms with Crippen LogP contribution in [0.3, 0.4) is 0 Å². The van der Waals surface area contributed by atoms with Crippen LogP contribution in [0.25, 0.3) is 0 Å². The monoisotopic (exact) mass is 308 g/mol. The number of hydrogen-bond acceptors (Lipinski definition) is 5. The molecule has 9 nitrogen and oxygen atoms in total. The summed E-state index contributed by atoms with van der Waals surface area (Å²) in [6.07, 6.45) is 0.220. The van der Waals surface area contributed by atoms with Gasteiger partial charge in [0.25, 0.3) is 0 Å². The number of carbonyl (C=O) groups excluding carboxylic acids is 1. The Labute approximate surface area is 115 Å². The van der Waals surface area contributed by atoms with Gasteiger partial charge in [-0.1, -0.05) is 0 Å². The highest BCUT2D eigenvalue weighted by Crippen LogP contribution is 2.18. The first kappa shape index (κ1) is 16.2. The zero-order valence-corrected chi connectivity index (χ0v) is 11.4. The quantitative estimate of drug-likeness (QED) is 0.481. The summed E-state index contributed by atoms with van der Waals surface area (Å²) in [5.41, 5.74) is 0. The number of aliphatic carboxylic acids is 2. The first-order valence-corrected chi connectivity index (χ1v) is 7.64. The Balaban J connectivity index is 2.46. The summed E-state index contributed by atoms with van der Waals surface area (Å²) in [6.45, 7) is -0.117. The molecule has 0 radical (unpaired) electrons. The molecule has 0 aromatic carbocycles. The zero-order chi connectivity index (χ0) is 15.3. The molecule has 114 valence electrons. The number of carboxylic acid groups (broad SMARTS) is 2. The second-order valence-corrected chi connectivity index (χ2v) is 6.87. The van der Waals surface area contributed by atoms with E-state index in [9.17, 15) is 22.8 Å². The van der Waals surface area contributed by atoms with Gasteiger partial charge in [0.1, 0.15) is 6.04 Å². The number of rotatable bonds is 6. The first-order chi connectivity index (χ1) is 9.22. The topological polar surface area (TPSA) is 150 Å². The second-order valence-electron chi connectivity index (χ2n) is 4.47. The van der Waals surface area contributed by atoms with Crippen LogP contribution in [0.5, 0.6) is 0 Å². The predicted molar refractivity (Wildman–Crippen MR) is 67.0 cm³/mol. The third-order valence-corrected chi connectivity index (χ3v) is 5.21. The molecule has 1 unspecified atom stereocenters. The fourth-order valence-electron chi connectivity index (χ4n) is 1.88. The van der Waals surface area contributed by atoms with Crippen LogP contribution < -0.4 is 10.6 Å². The average Bonchev–Trinajstić information content (AvgIpc) is 2.64. The summed E-state index contributed by atoms with van der Waals surface area (Å²) < 4.78 is 23.0. The Morgan fingerprint density at radius 1 is 1.25 bits per heavy atom. The molecular formula is C10H16N2O7S. The third kappa shape index (κ3) is 4.68. The molecule has 1 saturated heterocycles. The number of carboxylic acids is 2. The molecule has 1 heterocycles. The SMILES string of the molecule is O=C(O)C[C@@H](NC(=O)NCC1CCCS1(=O)=O)C(=O)O. The fraction of sp³-hybridized carbons (Fsp3) is 0.700. The maximum Gasteiger partial charge on any atom is 0.326 e. The summed E-state index contributed by atoms with van der Waals surface area (Å²) in [5, 5.41) is 20.8. The van der Waals surface area contributed by atoms with Gasteiger partial charge < -0.3 is 20.8 Å². The van der Waals surface area contributed by atoms with Crippen molar-refractivity contribution < 1.29 is 33.0 Å². The van der Waals surface area contributed by atoms with Crippen molar-refractivity contribution in [3.8, 4) is 0 Å². The van der Waals surface area contributed by atoms with Crippen LogP contribution in [-0.2, 0) is 19.4 Å². The van der Waals surface area contributed by atoms with E-state index in [2.05, 4.69) is 5.32 Å². The Kier molecular flexibility index (Phi) is 5.31. The maximum absolute atomic E-state index is 11.5. The summed E-state index contributed by atoms with van der Waals surface area (Å²) in [5.74, 6) is -2.76. The van der Waals surface area contributed by atoms with E-state index in [0.29, 0.717) is 12.8 Å². The highest BCUT2D eigenvalue weighted by molar-refractivity contribution is 7.92. The Bertz CT molecular complexity index is 502. The second kappa shape index (κ2) is 6.55. The molecule has 0 aromatic heterocycles. The van der Waals surface area contributed by atoms with Crippen molar-refractivity contribution >= 4 is 27.8 Å². The molecule has 0 bridgehead atoms. The van der Waals surface area contributed by atoms with Gasteiger partial charge in [0, 0.05) is 6.54 Å². The van der Waals surface area contributed by atoms with Gasteiger partial charge in [-0.3, -0.25) is 4.79 Å². The molecule has 1 aliphatic heterocycles. The Morgan fingerprint density at radius 3 is 2.35 bits per heavy atom. The lowest BCUT2D eigenvalue weighted by Crippen LogP contribution is -2.48. The van der Waals surface area contributed by atoms with E-state index in [-0.39, 0.29) is 12.3 Å². The Morgan fingerprint density at radius 2 is 1.90 bits per heavy atom. The standard InChI is InChI=1S/C10H16N2O7S/c13-8(14)4-7(9(15)16)12-10(17)11-5-6-2-1-3-20(6,18)19/h6-7H,1-5H2,(H,13,14)(H,15,16)(H2,11,12,17)/t6?,7-/m1/s1. The lowest BCUT2D eigenvalue weighted by atomic mass is 10.2. The molecule has 0 aromatic rings. The van der Waals surface area contributed by atoms with Crippen molar-refractivity contribution in [3.05, 3.63) is 0 Å². The smallest absolute Gasteiger partial charge is 0.326 e. The van der Waals surface area contributed by atoms with Crippen molar-refractivity contribution in [1.29, 1.82) is 0 Å². The fourth-order valence-corrected chi connectivity index (χ4v) is 3.64. The van der Waals surface area contributed by atoms with E-state index < -0.39 is 45.5 Å². The van der Waals surface area contributed by atoms with Crippen molar-refractivity contribution in [2.24, 2.45) is 0 Å². The number of carbonyl (C=O) groups is 3. The van der Waals surface area contributed by atoms with E-state index >= 15 is 0 Å². The lowest BCUT2D eigenvalue weighted by molar-refractivity contribution is -0.145. The molecule has 20 heavy (non-hydrogen) atoms. The molecule has 0 spiro atoms. The summed E-state index contributed by atoms with van der Waals surface area (Å²) in [6, 6.07) is -2.46. The molecule has 2 amide bonds. The van der Waals surface area contributed by atoms with Crippen LogP contribution in [0.1, 0.15) is 19.3 Å². The van der Waals surface area contributed by atoms with Crippen molar-refractivity contribution in [2.75, 3.05) is 12.3 Å². The van der Waals surface area contributed by atoms with Crippen LogP contribution in [0, 0.1) is 0 Å². The number of nitrogens with one attached hydrogen (secondary N) is 2. The van der Waals surface area contributed by atoms with Gasteiger partial charge in [0.2, 0.25) is 0 Å². The summed E-state index contributed by atoms with van der Waals surface area (Å²) in [7, 11) is -3.20. The number of hydrogen-bond donors (Lipinski definition) is 4. The van der Waals surface area contributed by atoms with Gasteiger partial charge in [0.05, 0.1) is 17.4 Å². The van der Waals surface area contributed by atoms with Crippen LogP contribution >= 0.6 is 0 Å². The average molecular weight is 308 g/mol. The molecular weight excluding hydrogens is 292 g/mol. The van der Waals surface area contributed by atoms with Crippen LogP contribution in [0.15, 0.2) is 0 Å². The minimum absolute atomic E-state index is 0.0811. The summed E-state index contributed by atoms with van der Waals surface area (Å²) in [4.78, 5) is 32.6. The summed E-state index contributed by atoms with van der Waals surface area (Å²) >= 11 is 0. The van der Waals surface area contributed by atoms with Gasteiger partial charge in [-0.25, -0.2) is 18.0 Å². The van der Waals surface area contributed by atoms with E-state index in [1.807, 2.05) is 5.32 Å². The van der Waals surface area contributed by atoms with Gasteiger partial charge >= 0.3 is 18.0 Å². The molecule has 2 atom stereocenters. The maximum atomic E-state index is 11.5. The highest BCUT2D eigenvalue weighted by Gasteiger charge is 2.31. The van der Waals surface area contributed by atoms with Crippen molar-refractivity contribution in [1.82, 2.24) is 10.6 Å². The third-order valence-electron chi connectivity index (χ3n) is 2.94. The predicted octanol–water partition coefficient (Wildman–Crippen LogP) is -1.21. The minimum Gasteiger partial charge on any atom is -0.481 e. The molecule has 10 heteroatoms. The van der Waals surface area contributed by atoms with E-state index in [4.69, 9.17) is 10.2 Å². The highest BCUT2D eigenvalue weighted by atomic mass is 32.2. The lowest BCUT2D eigenvalue weighted by Gasteiger charge is -2.15. The van der Waals surface area contributed by atoms with Crippen molar-refractivity contribution in [2.45, 2.75) is 30.6 Å². The van der Waals surface area contributed by atoms with Gasteiger partial charge in [0.15, 0.2) is 9.84 Å². The zero-order valence-electron chi connectivity index (χ0n) is 10.5. The largest absolute Gasteiger partial charge is 0.481 e. The Hall–Kier alpha value is -1.84. The molecule has 1 rings (SSSR count).